The zero-order valence-electron chi connectivity index (χ0n) is 18.6. The maximum Gasteiger partial charge on any atom is 0.254 e. The molecule has 0 unspecified atom stereocenters. The van der Waals surface area contributed by atoms with E-state index in [9.17, 15) is 9.18 Å². The Hall–Kier alpha value is -4.39. The fourth-order valence-electron chi connectivity index (χ4n) is 3.88. The maximum atomic E-state index is 14.0. The minimum absolute atomic E-state index is 0.214. The molecule has 0 aliphatic heterocycles. The summed E-state index contributed by atoms with van der Waals surface area (Å²) in [5.41, 5.74) is 3.79. The molecule has 0 fully saturated rings. The van der Waals surface area contributed by atoms with Gasteiger partial charge < -0.3 is 15.0 Å². The van der Waals surface area contributed by atoms with E-state index in [1.54, 1.807) is 10.7 Å². The first kappa shape index (κ1) is 21.5. The quantitative estimate of drug-likeness (QED) is 0.339. The molecule has 7 heteroatoms. The van der Waals surface area contributed by atoms with Crippen LogP contribution in [0, 0.1) is 5.82 Å². The van der Waals surface area contributed by atoms with Crippen molar-refractivity contribution in [2.45, 2.75) is 13.5 Å². The molecule has 170 valence electrons. The molecule has 0 saturated carbocycles. The Morgan fingerprint density at radius 3 is 2.53 bits per heavy atom. The number of halogens is 1. The molecule has 0 saturated heterocycles. The summed E-state index contributed by atoms with van der Waals surface area (Å²) in [5.74, 6) is 0.446. The largest absolute Gasteiger partial charge is 0.494 e. The molecule has 0 atom stereocenters. The van der Waals surface area contributed by atoms with E-state index in [0.717, 1.165) is 22.5 Å². The number of pyridine rings is 1. The van der Waals surface area contributed by atoms with E-state index in [-0.39, 0.29) is 11.4 Å². The maximum absolute atomic E-state index is 14.0. The van der Waals surface area contributed by atoms with Gasteiger partial charge in [0, 0.05) is 28.7 Å². The topological polar surface area (TPSA) is 71.9 Å². The predicted molar refractivity (Wildman–Crippen MR) is 132 cm³/mol. The Labute approximate surface area is 195 Å². The molecule has 2 heterocycles. The van der Waals surface area contributed by atoms with Crippen LogP contribution in [0.25, 0.3) is 28.0 Å². The SMILES string of the molecule is CCOc1ccc(NCc2cc3c(-c4cccc(F)c4)nn(-c4ccccc4)c3[nH]c2=O)cc1. The van der Waals surface area contributed by atoms with Crippen LogP contribution >= 0.6 is 0 Å². The normalized spacial score (nSPS) is 11.0. The van der Waals surface area contributed by atoms with E-state index in [1.165, 1.54) is 12.1 Å². The van der Waals surface area contributed by atoms with Crippen LogP contribution in [0.1, 0.15) is 12.5 Å². The number of ether oxygens (including phenoxy) is 1. The summed E-state index contributed by atoms with van der Waals surface area (Å²) in [7, 11) is 0. The predicted octanol–water partition coefficient (Wildman–Crippen LogP) is 5.53. The molecule has 5 rings (SSSR count). The summed E-state index contributed by atoms with van der Waals surface area (Å²) in [5, 5.41) is 8.76. The van der Waals surface area contributed by atoms with E-state index in [1.807, 2.05) is 73.7 Å². The monoisotopic (exact) mass is 454 g/mol. The number of nitrogens with one attached hydrogen (secondary N) is 2. The fourth-order valence-corrected chi connectivity index (χ4v) is 3.88. The standard InChI is InChI=1S/C27H23FN4O2/c1-2-34-23-13-11-21(12-14-23)29-17-19-16-24-25(18-7-6-8-20(28)15-18)31-32(26(24)30-27(19)33)22-9-4-3-5-10-22/h3-16,29H,2,17H2,1H3,(H,30,33). The first-order valence-corrected chi connectivity index (χ1v) is 11.1. The number of hydrogen-bond donors (Lipinski definition) is 2. The van der Waals surface area contributed by atoms with Crippen LogP contribution in [0.4, 0.5) is 10.1 Å². The minimum Gasteiger partial charge on any atom is -0.494 e. The molecule has 5 aromatic rings. The molecular formula is C27H23FN4O2. The van der Waals surface area contributed by atoms with Gasteiger partial charge in [0.25, 0.3) is 5.56 Å². The highest BCUT2D eigenvalue weighted by molar-refractivity contribution is 5.92. The molecule has 0 radical (unpaired) electrons. The van der Waals surface area contributed by atoms with Crippen LogP contribution in [-0.4, -0.2) is 21.4 Å². The highest BCUT2D eigenvalue weighted by Crippen LogP contribution is 2.29. The second kappa shape index (κ2) is 9.23. The minimum atomic E-state index is -0.346. The number of para-hydroxylation sites is 1. The smallest absolute Gasteiger partial charge is 0.254 e. The van der Waals surface area contributed by atoms with Crippen molar-refractivity contribution in [2.75, 3.05) is 11.9 Å². The van der Waals surface area contributed by atoms with Crippen LogP contribution in [-0.2, 0) is 6.54 Å². The second-order valence-electron chi connectivity index (χ2n) is 7.80. The molecule has 0 aliphatic carbocycles. The van der Waals surface area contributed by atoms with Gasteiger partial charge in [-0.3, -0.25) is 4.79 Å². The average molecular weight is 455 g/mol. The molecular weight excluding hydrogens is 431 g/mol. The number of anilines is 1. The number of fused-ring (bicyclic) bond motifs is 1. The van der Waals surface area contributed by atoms with Crippen LogP contribution < -0.4 is 15.6 Å². The van der Waals surface area contributed by atoms with Gasteiger partial charge >= 0.3 is 0 Å². The molecule has 34 heavy (non-hydrogen) atoms. The van der Waals surface area contributed by atoms with Crippen molar-refractivity contribution < 1.29 is 9.13 Å². The number of H-pyrrole nitrogens is 1. The van der Waals surface area contributed by atoms with Crippen molar-refractivity contribution in [2.24, 2.45) is 0 Å². The van der Waals surface area contributed by atoms with Crippen molar-refractivity contribution in [3.05, 3.63) is 107 Å². The number of benzene rings is 3. The van der Waals surface area contributed by atoms with Crippen molar-refractivity contribution in [3.8, 4) is 22.7 Å². The zero-order chi connectivity index (χ0) is 23.5. The summed E-state index contributed by atoms with van der Waals surface area (Å²) in [6.45, 7) is 2.86. The van der Waals surface area contributed by atoms with E-state index in [4.69, 9.17) is 9.84 Å². The first-order valence-electron chi connectivity index (χ1n) is 11.1. The molecule has 2 aromatic heterocycles. The third-order valence-electron chi connectivity index (χ3n) is 5.51. The summed E-state index contributed by atoms with van der Waals surface area (Å²) < 4.78 is 21.2. The highest BCUT2D eigenvalue weighted by atomic mass is 19.1. The molecule has 3 aromatic carbocycles. The number of aromatic nitrogens is 3. The fraction of sp³-hybridized carbons (Fsp3) is 0.111. The van der Waals surface area contributed by atoms with Gasteiger partial charge in [-0.2, -0.15) is 5.10 Å². The number of aromatic amines is 1. The first-order chi connectivity index (χ1) is 16.6. The van der Waals surface area contributed by atoms with Crippen LogP contribution in [0.5, 0.6) is 5.75 Å². The lowest BCUT2D eigenvalue weighted by Gasteiger charge is -2.08. The van der Waals surface area contributed by atoms with Crippen molar-refractivity contribution in [3.63, 3.8) is 0 Å². The number of rotatable bonds is 7. The van der Waals surface area contributed by atoms with E-state index >= 15 is 0 Å². The third-order valence-corrected chi connectivity index (χ3v) is 5.51. The Morgan fingerprint density at radius 1 is 1.00 bits per heavy atom. The number of nitrogens with zero attached hydrogens (tertiary/aromatic N) is 2. The van der Waals surface area contributed by atoms with Crippen molar-refractivity contribution >= 4 is 16.7 Å². The lowest BCUT2D eigenvalue weighted by molar-refractivity contribution is 0.340. The third kappa shape index (κ3) is 4.28. The Bertz CT molecular complexity index is 1490. The zero-order valence-corrected chi connectivity index (χ0v) is 18.6. The summed E-state index contributed by atoms with van der Waals surface area (Å²) in [4.78, 5) is 15.9. The lowest BCUT2D eigenvalue weighted by Crippen LogP contribution is -2.16. The van der Waals surface area contributed by atoms with E-state index in [0.29, 0.717) is 35.6 Å². The molecule has 0 spiro atoms. The van der Waals surface area contributed by atoms with Gasteiger partial charge in [0.15, 0.2) is 0 Å². The number of hydrogen-bond acceptors (Lipinski definition) is 4. The van der Waals surface area contributed by atoms with Gasteiger partial charge in [-0.25, -0.2) is 9.07 Å². The summed E-state index contributed by atoms with van der Waals surface area (Å²) >= 11 is 0. The van der Waals surface area contributed by atoms with Gasteiger partial charge in [0.1, 0.15) is 22.9 Å². The second-order valence-corrected chi connectivity index (χ2v) is 7.80. The van der Waals surface area contributed by atoms with E-state index < -0.39 is 0 Å². The Balaban J connectivity index is 1.56. The molecule has 0 amide bonds. The van der Waals surface area contributed by atoms with Gasteiger partial charge in [0.05, 0.1) is 12.3 Å². The summed E-state index contributed by atoms with van der Waals surface area (Å²) in [6, 6.07) is 25.2. The van der Waals surface area contributed by atoms with Crippen molar-refractivity contribution in [1.82, 2.24) is 14.8 Å². The Kier molecular flexibility index (Phi) is 5.82. The van der Waals surface area contributed by atoms with Crippen molar-refractivity contribution in [1.29, 1.82) is 0 Å². The highest BCUT2D eigenvalue weighted by Gasteiger charge is 2.17. The molecule has 0 aliphatic rings. The van der Waals surface area contributed by atoms with Crippen LogP contribution in [0.3, 0.4) is 0 Å². The van der Waals surface area contributed by atoms with Crippen LogP contribution in [0.15, 0.2) is 89.7 Å². The van der Waals surface area contributed by atoms with E-state index in [2.05, 4.69) is 10.3 Å². The Morgan fingerprint density at radius 2 is 1.79 bits per heavy atom. The lowest BCUT2D eigenvalue weighted by atomic mass is 10.1. The van der Waals surface area contributed by atoms with Gasteiger partial charge in [-0.15, -0.1) is 0 Å². The van der Waals surface area contributed by atoms with Gasteiger partial charge in [-0.05, 0) is 61.5 Å². The average Bonchev–Trinajstić information content (AvgIpc) is 3.22. The summed E-state index contributed by atoms with van der Waals surface area (Å²) in [6.07, 6.45) is 0. The van der Waals surface area contributed by atoms with Gasteiger partial charge in [0.2, 0.25) is 0 Å². The molecule has 2 N–H and O–H groups in total. The van der Waals surface area contributed by atoms with Gasteiger partial charge in [-0.1, -0.05) is 30.3 Å². The molecule has 6 nitrogen and oxygen atoms in total. The molecule has 0 bridgehead atoms. The van der Waals surface area contributed by atoms with Crippen LogP contribution in [0.2, 0.25) is 0 Å².